The van der Waals surface area contributed by atoms with Crippen LogP contribution < -0.4 is 16.4 Å². The molecule has 6 aromatic rings. The summed E-state index contributed by atoms with van der Waals surface area (Å²) in [4.78, 5) is 41.1. The minimum Gasteiger partial charge on any atom is -0.398 e. The van der Waals surface area contributed by atoms with E-state index in [1.165, 1.54) is 6.08 Å². The number of urea groups is 1. The molecule has 6 rings (SSSR count). The fourth-order valence-corrected chi connectivity index (χ4v) is 3.50. The van der Waals surface area contributed by atoms with Gasteiger partial charge in [0, 0.05) is 41.2 Å². The number of aromatic nitrogens is 4. The number of amides is 2. The number of benzene rings is 2. The second-order valence-electron chi connectivity index (χ2n) is 7.98. The predicted octanol–water partition coefficient (Wildman–Crippen LogP) is 12.3. The van der Waals surface area contributed by atoms with Crippen LogP contribution in [-0.4, -0.2) is 32.0 Å². The first-order valence-corrected chi connectivity index (χ1v) is 18.0. The van der Waals surface area contributed by atoms with E-state index in [9.17, 15) is 9.59 Å². The zero-order valence-electron chi connectivity index (χ0n) is 33.2. The largest absolute Gasteiger partial charge is 0.398 e. The first kappa shape index (κ1) is 50.4. The number of isocyanates is 1. The molecule has 10 heteroatoms. The van der Waals surface area contributed by atoms with Gasteiger partial charge >= 0.3 is 6.03 Å². The van der Waals surface area contributed by atoms with Crippen LogP contribution >= 0.6 is 0 Å². The lowest BCUT2D eigenvalue weighted by molar-refractivity contribution is 0.262. The molecule has 4 heterocycles. The number of aliphatic imine (C=N–C) groups is 1. The first-order valence-electron chi connectivity index (χ1n) is 18.0. The molecule has 4 aromatic heterocycles. The number of nitrogens with zero attached hydrogens (tertiary/aromatic N) is 5. The van der Waals surface area contributed by atoms with Gasteiger partial charge in [-0.2, -0.15) is 0 Å². The third kappa shape index (κ3) is 20.5. The normalized spacial score (nSPS) is 8.15. The number of pyridine rings is 4. The van der Waals surface area contributed by atoms with E-state index in [4.69, 9.17) is 5.73 Å². The fourth-order valence-electron chi connectivity index (χ4n) is 3.50. The van der Waals surface area contributed by atoms with E-state index in [0.29, 0.717) is 17.3 Å². The number of anilines is 3. The van der Waals surface area contributed by atoms with Crippen molar-refractivity contribution < 1.29 is 9.59 Å². The van der Waals surface area contributed by atoms with Gasteiger partial charge in [0.05, 0.1) is 16.7 Å². The molecule has 0 aliphatic heterocycles. The van der Waals surface area contributed by atoms with Crippen LogP contribution in [0.3, 0.4) is 0 Å². The van der Waals surface area contributed by atoms with Crippen molar-refractivity contribution in [2.75, 3.05) is 16.4 Å². The Hall–Kier alpha value is -5.99. The summed E-state index contributed by atoms with van der Waals surface area (Å²) in [6, 6.07) is 29.2. The molecule has 0 fully saturated rings. The average molecular weight is 709 g/mol. The zero-order valence-corrected chi connectivity index (χ0v) is 33.2. The monoisotopic (exact) mass is 708 g/mol. The van der Waals surface area contributed by atoms with Crippen molar-refractivity contribution in [2.45, 2.75) is 83.1 Å². The Morgan fingerprint density at radius 3 is 1.52 bits per heavy atom. The number of nitrogens with one attached hydrogen (secondary N) is 2. The van der Waals surface area contributed by atoms with Crippen LogP contribution in [0, 0.1) is 0 Å². The Balaban J connectivity index is -0.000000642. The van der Waals surface area contributed by atoms with Gasteiger partial charge in [-0.05, 0) is 48.5 Å². The molecule has 0 aliphatic rings. The number of para-hydroxylation sites is 2. The molecule has 0 radical (unpaired) electrons. The van der Waals surface area contributed by atoms with Gasteiger partial charge in [-0.15, -0.1) is 4.99 Å². The maximum Gasteiger partial charge on any atom is 0.324 e. The minimum absolute atomic E-state index is 0.333. The molecule has 0 spiro atoms. The van der Waals surface area contributed by atoms with E-state index in [2.05, 4.69) is 35.6 Å². The average Bonchev–Trinajstić information content (AvgIpc) is 3.24. The third-order valence-electron chi connectivity index (χ3n) is 5.30. The number of carbonyl (C=O) groups excluding carboxylic acids is 2. The third-order valence-corrected chi connectivity index (χ3v) is 5.30. The predicted molar refractivity (Wildman–Crippen MR) is 225 cm³/mol. The van der Waals surface area contributed by atoms with E-state index in [1.807, 2.05) is 144 Å². The van der Waals surface area contributed by atoms with Gasteiger partial charge in [0.2, 0.25) is 6.08 Å². The molecule has 0 aliphatic carbocycles. The number of nitrogens with two attached hydrogens (primary N) is 1. The molecule has 2 amide bonds. The number of hydrogen-bond donors (Lipinski definition) is 3. The minimum atomic E-state index is -0.333. The number of carbonyl (C=O) groups is 1. The molecule has 0 unspecified atom stereocenters. The summed E-state index contributed by atoms with van der Waals surface area (Å²) in [6.45, 7) is 24.0. The number of fused-ring (bicyclic) bond motifs is 2. The zero-order chi connectivity index (χ0) is 40.0. The second kappa shape index (κ2) is 36.3. The van der Waals surface area contributed by atoms with Gasteiger partial charge in [0.1, 0.15) is 5.82 Å². The quantitative estimate of drug-likeness (QED) is 0.122. The molecule has 280 valence electrons. The van der Waals surface area contributed by atoms with E-state index >= 15 is 0 Å². The van der Waals surface area contributed by atoms with Gasteiger partial charge in [0.15, 0.2) is 5.82 Å². The Kier molecular flexibility index (Phi) is 35.2. The van der Waals surface area contributed by atoms with Crippen molar-refractivity contribution in [3.05, 3.63) is 122 Å². The Bertz CT molecular complexity index is 1740. The molecule has 0 bridgehead atoms. The molecule has 2 aromatic carbocycles. The van der Waals surface area contributed by atoms with Crippen molar-refractivity contribution in [3.8, 4) is 0 Å². The summed E-state index contributed by atoms with van der Waals surface area (Å²) in [5.74, 6) is 0.899. The maximum absolute atomic E-state index is 11.9. The summed E-state index contributed by atoms with van der Waals surface area (Å²) in [6.07, 6.45) is 7.97. The molecule has 0 atom stereocenters. The van der Waals surface area contributed by atoms with E-state index in [1.54, 1.807) is 61.2 Å². The summed E-state index contributed by atoms with van der Waals surface area (Å²) in [7, 11) is 0. The van der Waals surface area contributed by atoms with E-state index in [-0.39, 0.29) is 6.03 Å². The van der Waals surface area contributed by atoms with Gasteiger partial charge in [0.25, 0.3) is 0 Å². The molecule has 52 heavy (non-hydrogen) atoms. The topological polar surface area (TPSA) is 148 Å². The SMILES string of the molecule is CC.CC.CC.CC.CC.CC.Nc1ccnc2ccccc12.O=C(Nc1ccccn1)Nc1ccnc2ccccc12.O=C=Nc1ccccn1. The molecular formula is C42H60N8O2. The summed E-state index contributed by atoms with van der Waals surface area (Å²) < 4.78 is 0. The van der Waals surface area contributed by atoms with Gasteiger partial charge in [-0.1, -0.05) is 132 Å². The van der Waals surface area contributed by atoms with Crippen LogP contribution in [0.5, 0.6) is 0 Å². The van der Waals surface area contributed by atoms with Crippen LogP contribution in [0.4, 0.5) is 27.8 Å². The van der Waals surface area contributed by atoms with Crippen molar-refractivity contribution in [3.63, 3.8) is 0 Å². The van der Waals surface area contributed by atoms with Crippen LogP contribution in [0.1, 0.15) is 83.1 Å². The van der Waals surface area contributed by atoms with Crippen LogP contribution in [-0.2, 0) is 4.79 Å². The first-order chi connectivity index (χ1) is 25.6. The molecular weight excluding hydrogens is 649 g/mol. The van der Waals surface area contributed by atoms with Crippen molar-refractivity contribution in [1.82, 2.24) is 19.9 Å². The highest BCUT2D eigenvalue weighted by molar-refractivity contribution is 6.05. The molecule has 0 saturated heterocycles. The summed E-state index contributed by atoms with van der Waals surface area (Å²) in [5, 5.41) is 7.39. The fraction of sp³-hybridized carbons (Fsp3) is 0.286. The number of rotatable bonds is 3. The van der Waals surface area contributed by atoms with Crippen LogP contribution in [0.2, 0.25) is 0 Å². The Labute approximate surface area is 312 Å². The van der Waals surface area contributed by atoms with E-state index in [0.717, 1.165) is 27.5 Å². The Morgan fingerprint density at radius 2 is 1.02 bits per heavy atom. The van der Waals surface area contributed by atoms with E-state index < -0.39 is 0 Å². The second-order valence-corrected chi connectivity index (χ2v) is 7.98. The summed E-state index contributed by atoms with van der Waals surface area (Å²) >= 11 is 0. The highest BCUT2D eigenvalue weighted by Crippen LogP contribution is 2.21. The highest BCUT2D eigenvalue weighted by Gasteiger charge is 2.06. The number of hydrogen-bond acceptors (Lipinski definition) is 8. The highest BCUT2D eigenvalue weighted by atomic mass is 16.2. The maximum atomic E-state index is 11.9. The van der Waals surface area contributed by atoms with Gasteiger partial charge in [-0.3, -0.25) is 15.3 Å². The van der Waals surface area contributed by atoms with Gasteiger partial charge < -0.3 is 11.1 Å². The smallest absolute Gasteiger partial charge is 0.324 e. The van der Waals surface area contributed by atoms with Crippen molar-refractivity contribution >= 4 is 56.9 Å². The Morgan fingerprint density at radius 1 is 0.538 bits per heavy atom. The summed E-state index contributed by atoms with van der Waals surface area (Å²) in [5.41, 5.74) is 9.00. The van der Waals surface area contributed by atoms with Crippen molar-refractivity contribution in [1.29, 1.82) is 0 Å². The standard InChI is InChI=1S/C15H12N4O.C9H8N2.C6H4N2O.6C2H6/c20-15(19-14-7-3-4-9-17-14)18-13-8-10-16-12-6-2-1-5-11(12)13;10-8-5-6-11-9-4-2-1-3-7(8)9;9-5-8-6-3-1-2-4-7-6;6*1-2/h1-10H,(H2,16,17,18,19,20);1-6H,(H2,10,11);1-4H;6*1-2H3. The van der Waals surface area contributed by atoms with Crippen LogP contribution in [0.15, 0.2) is 127 Å². The lowest BCUT2D eigenvalue weighted by Crippen LogP contribution is -2.20. The molecule has 0 saturated carbocycles. The van der Waals surface area contributed by atoms with Crippen molar-refractivity contribution in [2.24, 2.45) is 4.99 Å². The lowest BCUT2D eigenvalue weighted by atomic mass is 10.2. The molecule has 10 nitrogen and oxygen atoms in total. The van der Waals surface area contributed by atoms with Gasteiger partial charge in [-0.25, -0.2) is 19.6 Å². The van der Waals surface area contributed by atoms with Crippen LogP contribution in [0.25, 0.3) is 21.8 Å². The molecule has 4 N–H and O–H groups in total. The lowest BCUT2D eigenvalue weighted by Gasteiger charge is -2.09. The number of nitrogen functional groups attached to an aromatic ring is 1.